The molecule has 0 aromatic heterocycles. The number of amides is 1. The standard InChI is InChI=1S/C29H42N2O7S/c1-7-12-22(19-21(2)23-13-8-9-15-26(23)37-18-11-16-27(32)33)20-25-24(30-39(6,35)36)14-10-17-31(25)28(34)38-29(3,4)5/h7-9,12-13,15,19,24-25,30H,1,10-11,14,16-18,20H2,2-6H3,(H,32,33)/b21-19+,22-12+. The molecule has 1 amide bonds. The van der Waals surface area contributed by atoms with Gasteiger partial charge in [-0.15, -0.1) is 0 Å². The molecule has 9 nitrogen and oxygen atoms in total. The van der Waals surface area contributed by atoms with Crippen LogP contribution in [0.5, 0.6) is 5.75 Å². The molecular weight excluding hydrogens is 520 g/mol. The van der Waals surface area contributed by atoms with Crippen LogP contribution in [0.3, 0.4) is 0 Å². The molecule has 2 unspecified atom stereocenters. The lowest BCUT2D eigenvalue weighted by atomic mass is 9.90. The zero-order valence-electron chi connectivity index (χ0n) is 23.6. The number of sulfonamides is 1. The molecule has 1 aliphatic rings. The van der Waals surface area contributed by atoms with Crippen LogP contribution in [0.1, 0.15) is 65.4 Å². The van der Waals surface area contributed by atoms with Gasteiger partial charge in [-0.3, -0.25) is 4.79 Å². The SMILES string of the molecule is C=C/C=C(\C=C(/C)c1ccccc1OCCCC(=O)O)CC1C(NS(C)(=O)=O)CCCN1C(=O)OC(C)(C)C. The Morgan fingerprint density at radius 1 is 1.26 bits per heavy atom. The van der Waals surface area contributed by atoms with Crippen LogP contribution >= 0.6 is 0 Å². The van der Waals surface area contributed by atoms with E-state index in [1.54, 1.807) is 31.7 Å². The first kappa shape index (κ1) is 32.1. The molecule has 1 aromatic carbocycles. The van der Waals surface area contributed by atoms with Crippen LogP contribution < -0.4 is 9.46 Å². The van der Waals surface area contributed by atoms with Gasteiger partial charge in [0.25, 0.3) is 0 Å². The first-order valence-electron chi connectivity index (χ1n) is 13.1. The second kappa shape index (κ2) is 14.3. The number of likely N-dealkylation sites (tertiary alicyclic amines) is 1. The Morgan fingerprint density at radius 3 is 2.56 bits per heavy atom. The molecule has 2 atom stereocenters. The smallest absolute Gasteiger partial charge is 0.410 e. The lowest BCUT2D eigenvalue weighted by molar-refractivity contribution is -0.137. The van der Waals surface area contributed by atoms with Crippen LogP contribution in [0.2, 0.25) is 0 Å². The fourth-order valence-electron chi connectivity index (χ4n) is 4.52. The molecular formula is C29H42N2O7S. The highest BCUT2D eigenvalue weighted by Crippen LogP contribution is 2.30. The van der Waals surface area contributed by atoms with Gasteiger partial charge in [0.05, 0.1) is 18.9 Å². The minimum Gasteiger partial charge on any atom is -0.493 e. The third kappa shape index (κ3) is 11.3. The van der Waals surface area contributed by atoms with Crippen LogP contribution in [-0.4, -0.2) is 67.6 Å². The fourth-order valence-corrected chi connectivity index (χ4v) is 5.34. The van der Waals surface area contributed by atoms with Crippen molar-refractivity contribution >= 4 is 27.7 Å². The predicted molar refractivity (Wildman–Crippen MR) is 153 cm³/mol. The number of hydrogen-bond donors (Lipinski definition) is 2. The summed E-state index contributed by atoms with van der Waals surface area (Å²) in [6.07, 6.45) is 8.15. The van der Waals surface area contributed by atoms with Gasteiger partial charge in [0.2, 0.25) is 10.0 Å². The van der Waals surface area contributed by atoms with Gasteiger partial charge in [0, 0.05) is 24.6 Å². The van der Waals surface area contributed by atoms with Crippen LogP contribution in [0.4, 0.5) is 4.79 Å². The quantitative estimate of drug-likeness (QED) is 0.267. The molecule has 0 spiro atoms. The van der Waals surface area contributed by atoms with E-state index in [9.17, 15) is 18.0 Å². The molecule has 1 heterocycles. The number of allylic oxidation sites excluding steroid dienone is 4. The summed E-state index contributed by atoms with van der Waals surface area (Å²) in [6, 6.07) is 6.55. The first-order valence-corrected chi connectivity index (χ1v) is 15.0. The predicted octanol–water partition coefficient (Wildman–Crippen LogP) is 5.15. The van der Waals surface area contributed by atoms with Crippen molar-refractivity contribution in [2.75, 3.05) is 19.4 Å². The largest absolute Gasteiger partial charge is 0.493 e. The highest BCUT2D eigenvalue weighted by molar-refractivity contribution is 7.88. The maximum absolute atomic E-state index is 13.1. The summed E-state index contributed by atoms with van der Waals surface area (Å²) in [5.41, 5.74) is 1.90. The molecule has 0 saturated carbocycles. The molecule has 0 aliphatic carbocycles. The first-order chi connectivity index (χ1) is 18.2. The van der Waals surface area contributed by atoms with Gasteiger partial charge < -0.3 is 19.5 Å². The zero-order chi connectivity index (χ0) is 29.2. The Morgan fingerprint density at radius 2 is 1.95 bits per heavy atom. The normalized spacial score (nSPS) is 18.9. The molecule has 1 saturated heterocycles. The fraction of sp³-hybridized carbons (Fsp3) is 0.517. The number of para-hydroxylation sites is 1. The minimum atomic E-state index is -3.51. The van der Waals surface area contributed by atoms with E-state index in [0.717, 1.165) is 23.0 Å². The van der Waals surface area contributed by atoms with Crippen molar-refractivity contribution in [1.29, 1.82) is 0 Å². The molecule has 2 rings (SSSR count). The van der Waals surface area contributed by atoms with Crippen molar-refractivity contribution < 1.29 is 32.6 Å². The number of aliphatic carboxylic acids is 1. The Balaban J connectivity index is 2.37. The molecule has 39 heavy (non-hydrogen) atoms. The number of ether oxygens (including phenoxy) is 2. The van der Waals surface area contributed by atoms with Gasteiger partial charge in [-0.05, 0) is 70.6 Å². The maximum atomic E-state index is 13.1. The summed E-state index contributed by atoms with van der Waals surface area (Å²) in [7, 11) is -3.51. The summed E-state index contributed by atoms with van der Waals surface area (Å²) < 4.78 is 38.6. The van der Waals surface area contributed by atoms with Crippen molar-refractivity contribution in [3.8, 4) is 5.75 Å². The number of carbonyl (C=O) groups is 2. The van der Waals surface area contributed by atoms with Gasteiger partial charge in [0.15, 0.2) is 0 Å². The summed E-state index contributed by atoms with van der Waals surface area (Å²) in [6.45, 7) is 11.9. The molecule has 1 aromatic rings. The highest BCUT2D eigenvalue weighted by Gasteiger charge is 2.38. The van der Waals surface area contributed by atoms with E-state index < -0.39 is 39.8 Å². The monoisotopic (exact) mass is 562 g/mol. The summed E-state index contributed by atoms with van der Waals surface area (Å²) in [5.74, 6) is -0.228. The number of carboxylic acid groups (broad SMARTS) is 1. The number of benzene rings is 1. The number of carboxylic acids is 1. The van der Waals surface area contributed by atoms with Crippen molar-refractivity contribution in [3.63, 3.8) is 0 Å². The average molecular weight is 563 g/mol. The molecule has 0 radical (unpaired) electrons. The summed E-state index contributed by atoms with van der Waals surface area (Å²) in [5, 5.41) is 8.88. The number of hydrogen-bond acceptors (Lipinski definition) is 6. The van der Waals surface area contributed by atoms with Crippen LogP contribution in [0.25, 0.3) is 5.57 Å². The molecule has 10 heteroatoms. The van der Waals surface area contributed by atoms with E-state index in [0.29, 0.717) is 38.0 Å². The third-order valence-electron chi connectivity index (χ3n) is 6.06. The van der Waals surface area contributed by atoms with E-state index in [4.69, 9.17) is 14.6 Å². The molecule has 2 N–H and O–H groups in total. The van der Waals surface area contributed by atoms with Gasteiger partial charge >= 0.3 is 12.1 Å². The summed E-state index contributed by atoms with van der Waals surface area (Å²) >= 11 is 0. The zero-order valence-corrected chi connectivity index (χ0v) is 24.4. The molecule has 0 bridgehead atoms. The van der Waals surface area contributed by atoms with Gasteiger partial charge in [0.1, 0.15) is 11.4 Å². The number of nitrogens with zero attached hydrogens (tertiary/aromatic N) is 1. The van der Waals surface area contributed by atoms with Crippen molar-refractivity contribution in [2.45, 2.75) is 77.5 Å². The van der Waals surface area contributed by atoms with Crippen molar-refractivity contribution in [3.05, 3.63) is 60.2 Å². The number of rotatable bonds is 12. The second-order valence-corrected chi connectivity index (χ2v) is 12.5. The van der Waals surface area contributed by atoms with Crippen molar-refractivity contribution in [2.24, 2.45) is 0 Å². The van der Waals surface area contributed by atoms with E-state index in [2.05, 4.69) is 11.3 Å². The molecule has 216 valence electrons. The lowest BCUT2D eigenvalue weighted by Gasteiger charge is -2.42. The number of nitrogens with one attached hydrogen (secondary N) is 1. The Hall–Kier alpha value is -3.11. The van der Waals surface area contributed by atoms with Crippen LogP contribution in [0.15, 0.2) is 54.6 Å². The van der Waals surface area contributed by atoms with Gasteiger partial charge in [-0.25, -0.2) is 17.9 Å². The molecule has 1 aliphatic heterocycles. The van der Waals surface area contributed by atoms with Crippen molar-refractivity contribution in [1.82, 2.24) is 9.62 Å². The Kier molecular flexibility index (Phi) is 11.8. The Bertz CT molecular complexity index is 1180. The summed E-state index contributed by atoms with van der Waals surface area (Å²) in [4.78, 5) is 25.6. The second-order valence-electron chi connectivity index (χ2n) is 10.7. The van der Waals surface area contributed by atoms with Gasteiger partial charge in [-0.2, -0.15) is 0 Å². The van der Waals surface area contributed by atoms with Crippen LogP contribution in [-0.2, 0) is 19.6 Å². The minimum absolute atomic E-state index is 0.0292. The van der Waals surface area contributed by atoms with E-state index in [1.807, 2.05) is 43.3 Å². The number of piperidine rings is 1. The third-order valence-corrected chi connectivity index (χ3v) is 6.79. The van der Waals surface area contributed by atoms with E-state index >= 15 is 0 Å². The average Bonchev–Trinajstić information content (AvgIpc) is 2.81. The van der Waals surface area contributed by atoms with Crippen LogP contribution in [0, 0.1) is 0 Å². The Labute approximate surface area is 232 Å². The number of carbonyl (C=O) groups excluding carboxylic acids is 1. The van der Waals surface area contributed by atoms with E-state index in [1.165, 1.54) is 0 Å². The topological polar surface area (TPSA) is 122 Å². The maximum Gasteiger partial charge on any atom is 0.410 e. The van der Waals surface area contributed by atoms with E-state index in [-0.39, 0.29) is 13.0 Å². The highest BCUT2D eigenvalue weighted by atomic mass is 32.2. The van der Waals surface area contributed by atoms with Gasteiger partial charge in [-0.1, -0.05) is 43.0 Å². The lowest BCUT2D eigenvalue weighted by Crippen LogP contribution is -2.57. The molecule has 1 fully saturated rings.